The number of fused-ring (bicyclic) bond motifs is 3. The summed E-state index contributed by atoms with van der Waals surface area (Å²) in [6, 6.07) is 7.17. The lowest BCUT2D eigenvalue weighted by atomic mass is 9.65. The molecule has 1 saturated carbocycles. The van der Waals surface area contributed by atoms with Gasteiger partial charge in [-0.1, -0.05) is 35.9 Å². The van der Waals surface area contributed by atoms with E-state index in [1.54, 1.807) is 19.2 Å². The molecule has 4 nitrogen and oxygen atoms in total. The standard InChI is InChI=1S/C21H22O4/c1-21(25-12-24-2)10-9-14-13(11-21)7-8-17-18(14)20(23)16-6-4-3-5-15(16)19(17)22/h3-7,14H,8-12H2,1-2H3/t14-,21+/m0/s1. The highest BCUT2D eigenvalue weighted by molar-refractivity contribution is 6.27. The molecule has 0 radical (unpaired) electrons. The van der Waals surface area contributed by atoms with E-state index in [9.17, 15) is 9.59 Å². The van der Waals surface area contributed by atoms with E-state index in [1.807, 2.05) is 12.1 Å². The first-order valence-electron chi connectivity index (χ1n) is 8.77. The first-order valence-corrected chi connectivity index (χ1v) is 8.77. The third-order valence-corrected chi connectivity index (χ3v) is 5.69. The minimum atomic E-state index is -0.268. The fraction of sp³-hybridized carbons (Fsp3) is 0.429. The van der Waals surface area contributed by atoms with Crippen LogP contribution in [0.3, 0.4) is 0 Å². The molecule has 0 saturated heterocycles. The van der Waals surface area contributed by atoms with Crippen LogP contribution in [0.5, 0.6) is 0 Å². The first kappa shape index (κ1) is 16.4. The minimum Gasteiger partial charge on any atom is -0.359 e. The molecule has 0 aromatic heterocycles. The molecule has 0 aliphatic heterocycles. The van der Waals surface area contributed by atoms with Gasteiger partial charge in [0, 0.05) is 35.3 Å². The van der Waals surface area contributed by atoms with Crippen molar-refractivity contribution < 1.29 is 19.1 Å². The first-order chi connectivity index (χ1) is 12.0. The van der Waals surface area contributed by atoms with Gasteiger partial charge in [0.2, 0.25) is 0 Å². The Morgan fingerprint density at radius 1 is 1.16 bits per heavy atom. The molecular weight excluding hydrogens is 316 g/mol. The fourth-order valence-electron chi connectivity index (χ4n) is 4.40. The van der Waals surface area contributed by atoms with E-state index in [2.05, 4.69) is 13.0 Å². The number of hydrogen-bond donors (Lipinski definition) is 0. The average molecular weight is 338 g/mol. The zero-order valence-electron chi connectivity index (χ0n) is 14.6. The van der Waals surface area contributed by atoms with Gasteiger partial charge in [0.15, 0.2) is 11.6 Å². The molecule has 3 aliphatic rings. The van der Waals surface area contributed by atoms with Gasteiger partial charge in [-0.2, -0.15) is 0 Å². The summed E-state index contributed by atoms with van der Waals surface area (Å²) < 4.78 is 10.9. The molecule has 25 heavy (non-hydrogen) atoms. The molecule has 1 aromatic rings. The Bertz CT molecular complexity index is 817. The number of rotatable bonds is 3. The monoisotopic (exact) mass is 338 g/mol. The van der Waals surface area contributed by atoms with Gasteiger partial charge in [0.25, 0.3) is 0 Å². The van der Waals surface area contributed by atoms with Gasteiger partial charge in [-0.05, 0) is 32.6 Å². The summed E-state index contributed by atoms with van der Waals surface area (Å²) in [5.74, 6) is 0.0967. The minimum absolute atomic E-state index is 0.0180. The summed E-state index contributed by atoms with van der Waals surface area (Å²) in [4.78, 5) is 26.0. The molecule has 3 aliphatic carbocycles. The van der Waals surface area contributed by atoms with Crippen LogP contribution in [0.25, 0.3) is 0 Å². The molecule has 130 valence electrons. The van der Waals surface area contributed by atoms with E-state index >= 15 is 0 Å². The van der Waals surface area contributed by atoms with Crippen molar-refractivity contribution in [3.05, 3.63) is 58.2 Å². The average Bonchev–Trinajstić information content (AvgIpc) is 2.63. The second-order valence-corrected chi connectivity index (χ2v) is 7.35. The highest BCUT2D eigenvalue weighted by atomic mass is 16.7. The summed E-state index contributed by atoms with van der Waals surface area (Å²) in [6.07, 6.45) is 5.13. The number of ether oxygens (including phenoxy) is 2. The Morgan fingerprint density at radius 2 is 1.88 bits per heavy atom. The third-order valence-electron chi connectivity index (χ3n) is 5.69. The van der Waals surface area contributed by atoms with Crippen molar-refractivity contribution in [3.8, 4) is 0 Å². The predicted molar refractivity (Wildman–Crippen MR) is 93.5 cm³/mol. The summed E-state index contributed by atoms with van der Waals surface area (Å²) in [5.41, 5.74) is 3.48. The topological polar surface area (TPSA) is 52.6 Å². The second kappa shape index (κ2) is 6.04. The number of methoxy groups -OCH3 is 1. The Kier molecular flexibility index (Phi) is 3.97. The number of allylic oxidation sites excluding steroid dienone is 3. The van der Waals surface area contributed by atoms with Gasteiger partial charge < -0.3 is 9.47 Å². The van der Waals surface area contributed by atoms with Crippen LogP contribution < -0.4 is 0 Å². The van der Waals surface area contributed by atoms with Gasteiger partial charge in [0.1, 0.15) is 6.79 Å². The molecule has 0 amide bonds. The van der Waals surface area contributed by atoms with Crippen LogP contribution in [0, 0.1) is 5.92 Å². The number of carbonyl (C=O) groups excluding carboxylic acids is 2. The number of benzene rings is 1. The molecule has 1 aromatic carbocycles. The van der Waals surface area contributed by atoms with Crippen LogP contribution >= 0.6 is 0 Å². The quantitative estimate of drug-likeness (QED) is 0.620. The predicted octanol–water partition coefficient (Wildman–Crippen LogP) is 3.87. The fourth-order valence-corrected chi connectivity index (χ4v) is 4.40. The number of carbonyl (C=O) groups is 2. The Morgan fingerprint density at radius 3 is 2.60 bits per heavy atom. The van der Waals surface area contributed by atoms with E-state index in [1.165, 1.54) is 5.57 Å². The van der Waals surface area contributed by atoms with Crippen molar-refractivity contribution in [1.29, 1.82) is 0 Å². The molecule has 0 N–H and O–H groups in total. The van der Waals surface area contributed by atoms with Gasteiger partial charge in [-0.25, -0.2) is 0 Å². The smallest absolute Gasteiger partial charge is 0.190 e. The Balaban J connectivity index is 1.67. The zero-order chi connectivity index (χ0) is 17.6. The maximum absolute atomic E-state index is 13.1. The van der Waals surface area contributed by atoms with Crippen LogP contribution in [0.2, 0.25) is 0 Å². The number of ketones is 2. The maximum Gasteiger partial charge on any atom is 0.190 e. The van der Waals surface area contributed by atoms with Crippen molar-refractivity contribution in [2.24, 2.45) is 5.92 Å². The van der Waals surface area contributed by atoms with E-state index in [0.29, 0.717) is 23.1 Å². The molecule has 0 heterocycles. The zero-order valence-corrected chi connectivity index (χ0v) is 14.6. The third kappa shape index (κ3) is 2.60. The lowest BCUT2D eigenvalue weighted by Gasteiger charge is -2.42. The lowest BCUT2D eigenvalue weighted by molar-refractivity contribution is -0.131. The SMILES string of the molecule is COCO[C@]1(C)CC[C@H]2C(=CCC3=C2C(=O)c2ccccc2C3=O)C1. The number of hydrogen-bond acceptors (Lipinski definition) is 4. The van der Waals surface area contributed by atoms with Crippen LogP contribution in [0.1, 0.15) is 53.3 Å². The van der Waals surface area contributed by atoms with Crippen LogP contribution in [0.4, 0.5) is 0 Å². The van der Waals surface area contributed by atoms with Gasteiger partial charge in [-0.15, -0.1) is 0 Å². The maximum atomic E-state index is 13.1. The highest BCUT2D eigenvalue weighted by Gasteiger charge is 2.43. The highest BCUT2D eigenvalue weighted by Crippen LogP contribution is 2.47. The summed E-state index contributed by atoms with van der Waals surface area (Å²) in [6.45, 7) is 2.36. The Labute approximate surface area is 147 Å². The lowest BCUT2D eigenvalue weighted by Crippen LogP contribution is -2.39. The summed E-state index contributed by atoms with van der Waals surface area (Å²) in [5, 5.41) is 0. The van der Waals surface area contributed by atoms with Gasteiger partial charge in [0.05, 0.1) is 5.60 Å². The van der Waals surface area contributed by atoms with Crippen molar-refractivity contribution >= 4 is 11.6 Å². The van der Waals surface area contributed by atoms with Crippen molar-refractivity contribution in [1.82, 2.24) is 0 Å². The molecular formula is C21H22O4. The van der Waals surface area contributed by atoms with E-state index in [-0.39, 0.29) is 29.9 Å². The van der Waals surface area contributed by atoms with E-state index < -0.39 is 0 Å². The molecule has 0 unspecified atom stereocenters. The van der Waals surface area contributed by atoms with Crippen molar-refractivity contribution in [2.45, 2.75) is 38.2 Å². The molecule has 0 bridgehead atoms. The molecule has 4 rings (SSSR count). The molecule has 1 fully saturated rings. The normalized spacial score (nSPS) is 28.2. The molecule has 4 heteroatoms. The summed E-state index contributed by atoms with van der Waals surface area (Å²) in [7, 11) is 1.62. The van der Waals surface area contributed by atoms with Gasteiger partial charge >= 0.3 is 0 Å². The van der Waals surface area contributed by atoms with Gasteiger partial charge in [-0.3, -0.25) is 9.59 Å². The Hall–Kier alpha value is -2.04. The molecule has 2 atom stereocenters. The van der Waals surface area contributed by atoms with Crippen molar-refractivity contribution in [2.75, 3.05) is 13.9 Å². The second-order valence-electron chi connectivity index (χ2n) is 7.35. The van der Waals surface area contributed by atoms with E-state index in [0.717, 1.165) is 24.8 Å². The van der Waals surface area contributed by atoms with Crippen LogP contribution in [-0.4, -0.2) is 31.1 Å². The largest absolute Gasteiger partial charge is 0.359 e. The molecule has 0 spiro atoms. The number of Topliss-reactive ketones (excluding diaryl/α,β-unsaturated/α-hetero) is 2. The van der Waals surface area contributed by atoms with E-state index in [4.69, 9.17) is 9.47 Å². The van der Waals surface area contributed by atoms with Crippen LogP contribution in [-0.2, 0) is 9.47 Å². The van der Waals surface area contributed by atoms with Crippen LogP contribution in [0.15, 0.2) is 47.1 Å². The van der Waals surface area contributed by atoms with Crippen molar-refractivity contribution in [3.63, 3.8) is 0 Å². The summed E-state index contributed by atoms with van der Waals surface area (Å²) >= 11 is 0.